The van der Waals surface area contributed by atoms with Gasteiger partial charge in [-0.25, -0.2) is 0 Å². The van der Waals surface area contributed by atoms with Gasteiger partial charge in [0.2, 0.25) is 0 Å². The van der Waals surface area contributed by atoms with Crippen LogP contribution in [0.2, 0.25) is 5.15 Å². The number of halogens is 1. The summed E-state index contributed by atoms with van der Waals surface area (Å²) >= 11 is 6.25. The van der Waals surface area contributed by atoms with Crippen LogP contribution >= 0.6 is 11.6 Å². The molecule has 13 aromatic rings. The van der Waals surface area contributed by atoms with Gasteiger partial charge in [0.25, 0.3) is 0 Å². The SMILES string of the molecule is CC(=O)Oc1ccc(-n2cc3ccc(OC(C)=O)cc3c2)c(OC(C)=O)c1.CCOC(C)=O.COc1ccc(N)c(O)c1.COc1ccc(N=Nc2ccc(O)cc2O)c(O)c1.COc1ccc2cn(-c3ccc(O)cc3O)cc2c1.Oc1ccc(-n2cc3ccc(O)cc3c2Cl)c(O)c1.Oc1cccc(O)c1. The predicted octanol–water partition coefficient (Wildman–Crippen LogP) is 15.7. The molecule has 28 nitrogen and oxygen atoms in total. The van der Waals surface area contributed by atoms with E-state index in [0.29, 0.717) is 57.1 Å². The zero-order valence-electron chi connectivity index (χ0n) is 59.1. The number of carbonyl (C=O) groups excluding carboxylic acids is 4. The minimum Gasteiger partial charge on any atom is -0.508 e. The molecule has 29 heteroatoms. The van der Waals surface area contributed by atoms with Gasteiger partial charge in [-0.15, -0.1) is 10.2 Å². The average Bonchev–Trinajstić information content (AvgIpc) is 1.65. The van der Waals surface area contributed by atoms with Crippen LogP contribution in [-0.4, -0.2) is 122 Å². The number of nitrogens with two attached hydrogens (primary N) is 1. The van der Waals surface area contributed by atoms with Crippen molar-refractivity contribution in [2.45, 2.75) is 34.6 Å². The van der Waals surface area contributed by atoms with Crippen LogP contribution in [0.4, 0.5) is 17.1 Å². The summed E-state index contributed by atoms with van der Waals surface area (Å²) in [7, 11) is 4.65. The van der Waals surface area contributed by atoms with E-state index in [0.717, 1.165) is 38.7 Å². The molecule has 0 bridgehead atoms. The number of azo groups is 1. The molecule has 3 aromatic heterocycles. The summed E-state index contributed by atoms with van der Waals surface area (Å²) in [6.07, 6.45) is 9.24. The monoisotopic (exact) mass is 1490 g/mol. The van der Waals surface area contributed by atoms with Gasteiger partial charge in [0.05, 0.1) is 50.7 Å². The number of phenolic OH excluding ortho intramolecular Hbond substituents is 11. The number of esters is 4. The van der Waals surface area contributed by atoms with Crippen LogP contribution in [0, 0.1) is 0 Å². The fourth-order valence-corrected chi connectivity index (χ4v) is 9.90. The van der Waals surface area contributed by atoms with Crippen LogP contribution in [0.3, 0.4) is 0 Å². The van der Waals surface area contributed by atoms with Crippen molar-refractivity contribution < 1.29 is 109 Å². The third-order valence-corrected chi connectivity index (χ3v) is 14.9. The van der Waals surface area contributed by atoms with Crippen LogP contribution in [0.25, 0.3) is 49.4 Å². The molecule has 560 valence electrons. The summed E-state index contributed by atoms with van der Waals surface area (Å²) in [5.41, 5.74) is 7.80. The highest BCUT2D eigenvalue weighted by molar-refractivity contribution is 6.35. The first kappa shape index (κ1) is 80.9. The Morgan fingerprint density at radius 1 is 0.380 bits per heavy atom. The minimum atomic E-state index is -0.495. The second-order valence-electron chi connectivity index (χ2n) is 22.5. The third kappa shape index (κ3) is 23.6. The lowest BCUT2D eigenvalue weighted by molar-refractivity contribution is -0.140. The topological polar surface area (TPSA) is 421 Å². The second-order valence-corrected chi connectivity index (χ2v) is 22.9. The number of aromatic hydroxyl groups is 11. The molecule has 0 saturated heterocycles. The van der Waals surface area contributed by atoms with E-state index in [-0.39, 0.29) is 92.1 Å². The molecule has 0 aliphatic carbocycles. The molecule has 0 aliphatic heterocycles. The molecule has 0 fully saturated rings. The molecule has 0 saturated carbocycles. The van der Waals surface area contributed by atoms with E-state index in [1.165, 1.54) is 115 Å². The lowest BCUT2D eigenvalue weighted by atomic mass is 10.2. The van der Waals surface area contributed by atoms with Gasteiger partial charge in [-0.3, -0.25) is 19.2 Å². The molecule has 13 N–H and O–H groups in total. The fraction of sp³-hybridized carbons (Fsp3) is 0.114. The van der Waals surface area contributed by atoms with Crippen molar-refractivity contribution in [3.8, 4) is 115 Å². The van der Waals surface area contributed by atoms with Crippen molar-refractivity contribution in [1.29, 1.82) is 0 Å². The Kier molecular flexibility index (Phi) is 28.6. The lowest BCUT2D eigenvalue weighted by Gasteiger charge is -2.11. The van der Waals surface area contributed by atoms with E-state index in [9.17, 15) is 54.9 Å². The Balaban J connectivity index is 0.000000183. The Morgan fingerprint density at radius 2 is 0.778 bits per heavy atom. The molecular weight excluding hydrogens is 1420 g/mol. The van der Waals surface area contributed by atoms with Crippen molar-refractivity contribution in [2.24, 2.45) is 10.2 Å². The highest BCUT2D eigenvalue weighted by atomic mass is 35.5. The first-order valence-electron chi connectivity index (χ1n) is 32.0. The summed E-state index contributed by atoms with van der Waals surface area (Å²) < 4.78 is 40.0. The number of hydrogen-bond donors (Lipinski definition) is 12. The number of phenols is 11. The summed E-state index contributed by atoms with van der Waals surface area (Å²) in [4.78, 5) is 43.6. The molecular formula is C79H75ClN6O22. The maximum atomic E-state index is 11.5. The number of anilines is 1. The number of methoxy groups -OCH3 is 3. The van der Waals surface area contributed by atoms with E-state index in [1.807, 2.05) is 53.6 Å². The molecule has 13 rings (SSSR count). The van der Waals surface area contributed by atoms with Gasteiger partial charge in [-0.2, -0.15) is 0 Å². The largest absolute Gasteiger partial charge is 0.508 e. The molecule has 0 aliphatic rings. The van der Waals surface area contributed by atoms with E-state index < -0.39 is 17.9 Å². The number of hydrogen-bond acceptors (Lipinski definition) is 25. The first-order valence-corrected chi connectivity index (χ1v) is 32.4. The molecule has 0 atom stereocenters. The lowest BCUT2D eigenvalue weighted by Crippen LogP contribution is -2.07. The Morgan fingerprint density at radius 3 is 1.26 bits per heavy atom. The number of carbonyl (C=O) groups is 4. The second kappa shape index (κ2) is 38.2. The van der Waals surface area contributed by atoms with E-state index >= 15 is 0 Å². The number of rotatable bonds is 12. The minimum absolute atomic E-state index is 0.0215. The zero-order valence-corrected chi connectivity index (χ0v) is 59.8. The highest BCUT2D eigenvalue weighted by Gasteiger charge is 2.16. The average molecular weight is 1500 g/mol. The summed E-state index contributed by atoms with van der Waals surface area (Å²) in [5, 5.41) is 116. The standard InChI is InChI=1S/C20H17NO6.C15H13NO3.C14H10ClNO3.C13H12N2O4.C7H9NO2.C6H6O2.C4H8O2/c1-12(22)25-17-5-4-15-10-21(11-16(15)8-17)19-7-6-18(26-13(2)23)9-20(19)27-14(3)24;1-19-13-4-2-10-8-16(9-11(10)6-13)14-5-3-12(17)7-15(14)18;15-14-11-5-9(17)2-1-8(11)7-16(14)12-4-3-10(18)6-13(12)19;1-19-9-3-5-11(13(18)7-9)15-14-10-4-2-8(16)6-12(10)17;1-10-5-2-3-6(8)7(9)4-5;7-5-2-1-3-6(8)4-5;1-3-6-4(2)5/h4-11H,1-3H3;2-9,17-18H,1H3;1-7,17-19H;2-7,16-18H,1H3;2-4,9H,8H2,1H3;1-4,7-8H;3H2,1-2H3. The van der Waals surface area contributed by atoms with Crippen molar-refractivity contribution in [2.75, 3.05) is 33.7 Å². The number of nitrogen functional groups attached to an aromatic ring is 1. The molecule has 0 radical (unpaired) electrons. The Hall–Kier alpha value is -14.4. The molecule has 3 heterocycles. The highest BCUT2D eigenvalue weighted by Crippen LogP contribution is 2.39. The molecule has 10 aromatic carbocycles. The molecule has 0 unspecified atom stereocenters. The Bertz CT molecular complexity index is 5330. The number of fused-ring (bicyclic) bond motifs is 3. The molecule has 0 amide bonds. The van der Waals surface area contributed by atoms with Crippen LogP contribution < -0.4 is 34.2 Å². The summed E-state index contributed by atoms with van der Waals surface area (Å²) in [6, 6.07) is 48.6. The van der Waals surface area contributed by atoms with Crippen LogP contribution in [0.1, 0.15) is 34.6 Å². The van der Waals surface area contributed by atoms with Crippen molar-refractivity contribution >= 4 is 84.9 Å². The third-order valence-electron chi connectivity index (χ3n) is 14.5. The smallest absolute Gasteiger partial charge is 0.308 e. The summed E-state index contributed by atoms with van der Waals surface area (Å²) in [6.45, 7) is 7.57. The van der Waals surface area contributed by atoms with Gasteiger partial charge in [0, 0.05) is 133 Å². The molecule has 0 spiro atoms. The predicted molar refractivity (Wildman–Crippen MR) is 403 cm³/mol. The van der Waals surface area contributed by atoms with Gasteiger partial charge in [-0.05, 0) is 146 Å². The fourth-order valence-electron chi connectivity index (χ4n) is 9.59. The van der Waals surface area contributed by atoms with Crippen molar-refractivity contribution in [3.05, 3.63) is 224 Å². The summed E-state index contributed by atoms with van der Waals surface area (Å²) in [5.74, 6) is 1.28. The zero-order chi connectivity index (χ0) is 78.9. The number of nitrogens with zero attached hydrogens (tertiary/aromatic N) is 5. The molecule has 108 heavy (non-hydrogen) atoms. The van der Waals surface area contributed by atoms with Gasteiger partial charge in [0.15, 0.2) is 5.75 Å². The number of aromatic nitrogens is 3. The maximum Gasteiger partial charge on any atom is 0.308 e. The van der Waals surface area contributed by atoms with Gasteiger partial charge in [0.1, 0.15) is 109 Å². The number of benzene rings is 10. The maximum absolute atomic E-state index is 11.5. The van der Waals surface area contributed by atoms with E-state index in [1.54, 1.807) is 114 Å². The first-order chi connectivity index (χ1) is 51.4. The van der Waals surface area contributed by atoms with Crippen LogP contribution in [-0.2, 0) is 23.9 Å². The quantitative estimate of drug-likeness (QED) is 0.0178. The number of ether oxygens (including phenoxy) is 7. The van der Waals surface area contributed by atoms with Crippen LogP contribution in [0.15, 0.2) is 229 Å². The van der Waals surface area contributed by atoms with Gasteiger partial charge in [-0.1, -0.05) is 17.7 Å². The van der Waals surface area contributed by atoms with Crippen LogP contribution in [0.5, 0.6) is 97.7 Å². The normalized spacial score (nSPS) is 10.3. The van der Waals surface area contributed by atoms with Crippen molar-refractivity contribution in [3.63, 3.8) is 0 Å². The van der Waals surface area contributed by atoms with Gasteiger partial charge < -0.3 is 109 Å². The van der Waals surface area contributed by atoms with Gasteiger partial charge >= 0.3 is 23.9 Å². The van der Waals surface area contributed by atoms with E-state index in [4.69, 9.17) is 66.2 Å². The van der Waals surface area contributed by atoms with Crippen molar-refractivity contribution in [1.82, 2.24) is 13.7 Å². The van der Waals surface area contributed by atoms with E-state index in [2.05, 4.69) is 15.0 Å². The Labute approximate surface area is 621 Å².